The Bertz CT molecular complexity index is 3060. The molecular formula is C53H35N3. The molecule has 0 N–H and O–H groups in total. The van der Waals surface area contributed by atoms with Gasteiger partial charge in [0.25, 0.3) is 0 Å². The molecule has 0 atom stereocenters. The van der Waals surface area contributed by atoms with E-state index in [1.165, 1.54) is 65.9 Å². The molecular weight excluding hydrogens is 679 g/mol. The van der Waals surface area contributed by atoms with Crippen molar-refractivity contribution < 1.29 is 0 Å². The van der Waals surface area contributed by atoms with Crippen molar-refractivity contribution in [1.82, 2.24) is 14.1 Å². The van der Waals surface area contributed by atoms with Crippen LogP contribution >= 0.6 is 0 Å². The molecule has 0 unspecified atom stereocenters. The zero-order valence-electron chi connectivity index (χ0n) is 30.5. The third kappa shape index (κ3) is 5.32. The fraction of sp³-hybridized carbons (Fsp3) is 0. The molecule has 0 amide bonds. The summed E-state index contributed by atoms with van der Waals surface area (Å²) in [7, 11) is 0. The molecule has 0 aliphatic rings. The van der Waals surface area contributed by atoms with Crippen molar-refractivity contribution in [3.8, 4) is 55.9 Å². The first-order chi connectivity index (χ1) is 27.8. The summed E-state index contributed by atoms with van der Waals surface area (Å²) in [5.74, 6) is 0. The van der Waals surface area contributed by atoms with Crippen molar-refractivity contribution in [2.75, 3.05) is 0 Å². The van der Waals surface area contributed by atoms with Crippen LogP contribution in [0.25, 0.3) is 99.5 Å². The Kier molecular flexibility index (Phi) is 7.49. The first-order valence-corrected chi connectivity index (χ1v) is 19.1. The lowest BCUT2D eigenvalue weighted by molar-refractivity contribution is 1.18. The summed E-state index contributed by atoms with van der Waals surface area (Å²) in [5.41, 5.74) is 16.4. The molecule has 0 aliphatic heterocycles. The lowest BCUT2D eigenvalue weighted by atomic mass is 10.0. The molecule has 3 aromatic heterocycles. The number of benzene rings is 8. The molecule has 262 valence electrons. The van der Waals surface area contributed by atoms with E-state index in [-0.39, 0.29) is 0 Å². The van der Waals surface area contributed by atoms with Gasteiger partial charge in [-0.25, -0.2) is 0 Å². The molecule has 11 aromatic rings. The Labute approximate surface area is 325 Å². The van der Waals surface area contributed by atoms with Gasteiger partial charge >= 0.3 is 0 Å². The Balaban J connectivity index is 0.951. The number of hydrogen-bond acceptors (Lipinski definition) is 1. The molecule has 8 aromatic carbocycles. The second-order valence-electron chi connectivity index (χ2n) is 14.5. The summed E-state index contributed by atoms with van der Waals surface area (Å²) in [4.78, 5) is 4.70. The number of nitrogens with zero attached hydrogens (tertiary/aromatic N) is 3. The van der Waals surface area contributed by atoms with Crippen LogP contribution < -0.4 is 0 Å². The van der Waals surface area contributed by atoms with Gasteiger partial charge < -0.3 is 9.13 Å². The molecule has 3 heterocycles. The third-order valence-corrected chi connectivity index (χ3v) is 11.2. The van der Waals surface area contributed by atoms with E-state index in [4.69, 9.17) is 4.98 Å². The molecule has 3 nitrogen and oxygen atoms in total. The number of pyridine rings is 1. The smallest absolute Gasteiger partial charge is 0.0541 e. The van der Waals surface area contributed by atoms with Crippen molar-refractivity contribution in [2.24, 2.45) is 0 Å². The van der Waals surface area contributed by atoms with Crippen LogP contribution in [0, 0.1) is 0 Å². The van der Waals surface area contributed by atoms with Crippen LogP contribution in [0.4, 0.5) is 0 Å². The summed E-state index contributed by atoms with van der Waals surface area (Å²) >= 11 is 0. The van der Waals surface area contributed by atoms with Crippen LogP contribution in [0.2, 0.25) is 0 Å². The molecule has 11 rings (SSSR count). The Hall–Kier alpha value is -7.49. The number of aromatic nitrogens is 3. The maximum atomic E-state index is 4.70. The molecule has 3 heteroatoms. The first kappa shape index (κ1) is 32.0. The van der Waals surface area contributed by atoms with E-state index in [1.807, 2.05) is 12.4 Å². The highest BCUT2D eigenvalue weighted by Crippen LogP contribution is 2.38. The van der Waals surface area contributed by atoms with E-state index >= 15 is 0 Å². The molecule has 0 saturated carbocycles. The molecule has 0 radical (unpaired) electrons. The Morgan fingerprint density at radius 1 is 0.250 bits per heavy atom. The van der Waals surface area contributed by atoms with Crippen LogP contribution in [0.3, 0.4) is 0 Å². The van der Waals surface area contributed by atoms with Gasteiger partial charge in [0.15, 0.2) is 0 Å². The number of fused-ring (bicyclic) bond motifs is 6. The molecule has 0 saturated heterocycles. The molecule has 0 fully saturated rings. The molecule has 0 aliphatic carbocycles. The van der Waals surface area contributed by atoms with Crippen molar-refractivity contribution in [1.29, 1.82) is 0 Å². The zero-order chi connectivity index (χ0) is 37.0. The van der Waals surface area contributed by atoms with Gasteiger partial charge in [-0.2, -0.15) is 0 Å². The van der Waals surface area contributed by atoms with Gasteiger partial charge in [-0.05, 0) is 100 Å². The minimum absolute atomic E-state index is 1.09. The molecule has 56 heavy (non-hydrogen) atoms. The minimum atomic E-state index is 1.09. The average Bonchev–Trinajstić information content (AvgIpc) is 3.79. The van der Waals surface area contributed by atoms with E-state index < -0.39 is 0 Å². The van der Waals surface area contributed by atoms with Gasteiger partial charge in [0.2, 0.25) is 0 Å². The predicted molar refractivity (Wildman–Crippen MR) is 235 cm³/mol. The number of hydrogen-bond donors (Lipinski definition) is 0. The third-order valence-electron chi connectivity index (χ3n) is 11.2. The van der Waals surface area contributed by atoms with Gasteiger partial charge in [0.1, 0.15) is 0 Å². The van der Waals surface area contributed by atoms with Gasteiger partial charge in [0, 0.05) is 56.4 Å². The number of rotatable bonds is 6. The van der Waals surface area contributed by atoms with Crippen molar-refractivity contribution >= 4 is 43.6 Å². The second-order valence-corrected chi connectivity index (χ2v) is 14.5. The number of para-hydroxylation sites is 2. The highest BCUT2D eigenvalue weighted by atomic mass is 15.0. The van der Waals surface area contributed by atoms with Crippen LogP contribution in [0.15, 0.2) is 213 Å². The summed E-state index contributed by atoms with van der Waals surface area (Å²) < 4.78 is 4.75. The summed E-state index contributed by atoms with van der Waals surface area (Å²) in [6.07, 6.45) is 3.92. The zero-order valence-corrected chi connectivity index (χ0v) is 30.5. The van der Waals surface area contributed by atoms with Crippen molar-refractivity contribution in [3.63, 3.8) is 0 Å². The minimum Gasteiger partial charge on any atom is -0.309 e. The van der Waals surface area contributed by atoms with Crippen LogP contribution in [-0.2, 0) is 0 Å². The lowest BCUT2D eigenvalue weighted by Crippen LogP contribution is -1.94. The fourth-order valence-corrected chi connectivity index (χ4v) is 8.48. The van der Waals surface area contributed by atoms with E-state index in [1.54, 1.807) is 0 Å². The van der Waals surface area contributed by atoms with Crippen LogP contribution in [0.1, 0.15) is 0 Å². The highest BCUT2D eigenvalue weighted by molar-refractivity contribution is 6.12. The maximum absolute atomic E-state index is 4.70. The van der Waals surface area contributed by atoms with E-state index in [2.05, 4.69) is 209 Å². The molecule has 0 bridgehead atoms. The summed E-state index contributed by atoms with van der Waals surface area (Å²) in [6.45, 7) is 0. The van der Waals surface area contributed by atoms with Crippen molar-refractivity contribution in [2.45, 2.75) is 0 Å². The predicted octanol–water partition coefficient (Wildman–Crippen LogP) is 13.9. The second kappa shape index (κ2) is 13.1. The normalized spacial score (nSPS) is 11.6. The standard InChI is InChI=1S/C53H35N3/c1-3-11-36(12-4-1)40-23-29-52-48(32-40)49-33-41(37-13-5-2-6-14-37)24-30-53(49)56(52)45-27-21-39(22-28-45)43-31-42(34-54-35-43)38-19-25-44(26-20-38)55-50-17-9-7-15-46(50)47-16-8-10-18-51(47)55/h1-35H. The molecule has 0 spiro atoms. The average molecular weight is 714 g/mol. The van der Waals surface area contributed by atoms with E-state index in [0.29, 0.717) is 0 Å². The Morgan fingerprint density at radius 3 is 1.05 bits per heavy atom. The monoisotopic (exact) mass is 713 g/mol. The van der Waals surface area contributed by atoms with Gasteiger partial charge in [-0.3, -0.25) is 4.98 Å². The van der Waals surface area contributed by atoms with Crippen LogP contribution in [0.5, 0.6) is 0 Å². The van der Waals surface area contributed by atoms with Gasteiger partial charge in [0.05, 0.1) is 22.1 Å². The SMILES string of the molecule is c1ccc(-c2ccc3c(c2)c2cc(-c4ccccc4)ccc2n3-c2ccc(-c3cncc(-c4ccc(-n5c6ccccc6c6ccccc65)cc4)c3)cc2)cc1. The summed E-state index contributed by atoms with van der Waals surface area (Å²) in [5, 5.41) is 5.01. The topological polar surface area (TPSA) is 22.8 Å². The Morgan fingerprint density at radius 2 is 0.607 bits per heavy atom. The fourth-order valence-electron chi connectivity index (χ4n) is 8.48. The van der Waals surface area contributed by atoms with Crippen LogP contribution in [-0.4, -0.2) is 14.1 Å². The lowest BCUT2D eigenvalue weighted by Gasteiger charge is -2.11. The summed E-state index contributed by atoms with van der Waals surface area (Å²) in [6, 6.07) is 72.3. The highest BCUT2D eigenvalue weighted by Gasteiger charge is 2.16. The van der Waals surface area contributed by atoms with Gasteiger partial charge in [-0.15, -0.1) is 0 Å². The van der Waals surface area contributed by atoms with Crippen molar-refractivity contribution in [3.05, 3.63) is 213 Å². The maximum Gasteiger partial charge on any atom is 0.0541 e. The van der Waals surface area contributed by atoms with E-state index in [9.17, 15) is 0 Å². The quantitative estimate of drug-likeness (QED) is 0.168. The first-order valence-electron chi connectivity index (χ1n) is 19.1. The largest absolute Gasteiger partial charge is 0.309 e. The van der Waals surface area contributed by atoms with Gasteiger partial charge in [-0.1, -0.05) is 133 Å². The van der Waals surface area contributed by atoms with E-state index in [0.717, 1.165) is 33.6 Å².